The van der Waals surface area contributed by atoms with E-state index in [0.29, 0.717) is 0 Å². The van der Waals surface area contributed by atoms with Gasteiger partial charge in [0, 0.05) is 11.9 Å². The van der Waals surface area contributed by atoms with E-state index in [1.165, 1.54) is 10.6 Å². The Balaban J connectivity index is 0.000000373. The van der Waals surface area contributed by atoms with Gasteiger partial charge in [0.15, 0.2) is 4.83 Å². The number of nitrogens with zero attached hydrogens (tertiary/aromatic N) is 1. The highest BCUT2D eigenvalue weighted by atomic mass is 35.5. The molecule has 1 aromatic carbocycles. The number of halogens is 5. The molecular weight excluding hydrogens is 264 g/mol. The molecule has 0 aromatic heterocycles. The van der Waals surface area contributed by atoms with Gasteiger partial charge >= 0.3 is 8.68 Å². The molecule has 0 aliphatic carbocycles. The minimum atomic E-state index is -6.00. The molecule has 0 fully saturated rings. The van der Waals surface area contributed by atoms with E-state index >= 15 is 0 Å². The molecule has 2 rings (SSSR count). The van der Waals surface area contributed by atoms with Crippen molar-refractivity contribution in [1.29, 1.82) is 0 Å². The van der Waals surface area contributed by atoms with Gasteiger partial charge in [0.05, 0.1) is 5.69 Å². The Hall–Kier alpha value is -0.555. The van der Waals surface area contributed by atoms with E-state index < -0.39 is 7.25 Å². The maximum Gasteiger partial charge on any atom is 1.00 e. The lowest BCUT2D eigenvalue weighted by Crippen LogP contribution is -2.18. The zero-order valence-corrected chi connectivity index (χ0v) is 9.78. The van der Waals surface area contributed by atoms with Gasteiger partial charge in [0.2, 0.25) is 0 Å². The van der Waals surface area contributed by atoms with Crippen molar-refractivity contribution in [3.05, 3.63) is 24.3 Å². The summed E-state index contributed by atoms with van der Waals surface area (Å²) in [5.74, 6) is 0. The molecule has 1 aliphatic rings. The molecule has 1 nitrogen and oxygen atoms in total. The predicted molar refractivity (Wildman–Crippen MR) is 61.6 cm³/mol. The minimum Gasteiger partial charge on any atom is -0.418 e. The topological polar surface area (TPSA) is 3.24 Å². The smallest absolute Gasteiger partial charge is 0.418 e. The molecule has 8 heteroatoms. The number of benzene rings is 1. The first-order chi connectivity index (χ1) is 7.29. The van der Waals surface area contributed by atoms with Crippen LogP contribution in [0.2, 0.25) is 0 Å². The van der Waals surface area contributed by atoms with Gasteiger partial charge in [-0.05, 0) is 12.1 Å². The van der Waals surface area contributed by atoms with Crippen molar-refractivity contribution < 1.29 is 18.7 Å². The van der Waals surface area contributed by atoms with Crippen LogP contribution in [-0.4, -0.2) is 19.1 Å². The first-order valence-corrected chi connectivity index (χ1v) is 5.60. The third-order valence-corrected chi connectivity index (χ3v) is 3.44. The van der Waals surface area contributed by atoms with Crippen LogP contribution in [0.1, 0.15) is 1.43 Å². The second-order valence-corrected chi connectivity index (χ2v) is 4.78. The molecule has 1 aliphatic heterocycles. The lowest BCUT2D eigenvalue weighted by Gasteiger charge is -2.14. The molecule has 0 N–H and O–H groups in total. The largest absolute Gasteiger partial charge is 1.00 e. The fourth-order valence-electron chi connectivity index (χ4n) is 1.14. The first-order valence-electron chi connectivity index (χ1n) is 4.29. The summed E-state index contributed by atoms with van der Waals surface area (Å²) in [6.45, 7) is 0. The van der Waals surface area contributed by atoms with Gasteiger partial charge in [-0.25, -0.2) is 0 Å². The molecular formula is C8H9BClF4NS. The lowest BCUT2D eigenvalue weighted by atomic mass is 10.3. The van der Waals surface area contributed by atoms with Crippen molar-refractivity contribution in [1.82, 2.24) is 0 Å². The third-order valence-electron chi connectivity index (χ3n) is 1.77. The maximum absolute atomic E-state index is 9.75. The van der Waals surface area contributed by atoms with Gasteiger partial charge in [-0.2, -0.15) is 0 Å². The molecule has 90 valence electrons. The molecule has 0 spiro atoms. The SMILES string of the molecule is CN1c2ccccc2SC1Cl.F[B-](F)(F)F.[H+]. The Labute approximate surface area is 101 Å². The molecule has 1 aromatic rings. The van der Waals surface area contributed by atoms with Gasteiger partial charge in [-0.15, -0.1) is 0 Å². The van der Waals surface area contributed by atoms with Crippen LogP contribution in [0, 0.1) is 0 Å². The van der Waals surface area contributed by atoms with Crippen molar-refractivity contribution in [2.75, 3.05) is 11.9 Å². The van der Waals surface area contributed by atoms with Gasteiger partial charge in [0.25, 0.3) is 0 Å². The molecule has 0 saturated heterocycles. The monoisotopic (exact) mass is 273 g/mol. The van der Waals surface area contributed by atoms with E-state index in [9.17, 15) is 17.3 Å². The Bertz CT molecular complexity index is 362. The van der Waals surface area contributed by atoms with Crippen LogP contribution in [0.3, 0.4) is 0 Å². The molecule has 0 saturated carbocycles. The lowest BCUT2D eigenvalue weighted by molar-refractivity contribution is 0.368. The van der Waals surface area contributed by atoms with E-state index in [2.05, 4.69) is 17.0 Å². The van der Waals surface area contributed by atoms with Crippen LogP contribution < -0.4 is 4.90 Å². The van der Waals surface area contributed by atoms with Crippen LogP contribution >= 0.6 is 23.4 Å². The average Bonchev–Trinajstić information content (AvgIpc) is 2.41. The standard InChI is InChI=1S/C8H8ClNS.BF4/c1-10-6-4-2-3-5-7(6)11-8(10)9;2-1(3,4)5/h2-5,8H,1H3;/q;-1/p+1. The second-order valence-electron chi connectivity index (χ2n) is 2.98. The Morgan fingerprint density at radius 1 is 1.31 bits per heavy atom. The summed E-state index contributed by atoms with van der Waals surface area (Å²) in [6, 6.07) is 8.25. The number of thioether (sulfide) groups is 1. The Kier molecular flexibility index (Phi) is 4.38. The molecule has 1 atom stereocenters. The first kappa shape index (κ1) is 13.5. The van der Waals surface area contributed by atoms with Crippen molar-refractivity contribution in [2.45, 2.75) is 9.73 Å². The summed E-state index contributed by atoms with van der Waals surface area (Å²) in [5.41, 5.74) is 1.23. The van der Waals surface area contributed by atoms with Crippen LogP contribution in [0.25, 0.3) is 0 Å². The fourth-order valence-corrected chi connectivity index (χ4v) is 2.51. The number of para-hydroxylation sites is 1. The molecule has 0 amide bonds. The number of hydrogen-bond acceptors (Lipinski definition) is 2. The molecule has 0 bridgehead atoms. The van der Waals surface area contributed by atoms with Gasteiger partial charge < -0.3 is 22.2 Å². The number of anilines is 1. The van der Waals surface area contributed by atoms with Crippen LogP contribution in [-0.2, 0) is 0 Å². The number of alkyl halides is 1. The number of rotatable bonds is 0. The van der Waals surface area contributed by atoms with Gasteiger partial charge in [0.1, 0.15) is 0 Å². The summed E-state index contributed by atoms with van der Waals surface area (Å²) in [4.78, 5) is 3.41. The van der Waals surface area contributed by atoms with Crippen molar-refractivity contribution in [2.24, 2.45) is 0 Å². The molecule has 1 heterocycles. The van der Waals surface area contributed by atoms with Gasteiger partial charge in [-0.3, -0.25) is 0 Å². The minimum absolute atomic E-state index is 0. The predicted octanol–water partition coefficient (Wildman–Crippen LogP) is 4.16. The van der Waals surface area contributed by atoms with Crippen molar-refractivity contribution in [3.63, 3.8) is 0 Å². The maximum atomic E-state index is 9.75. The molecule has 0 radical (unpaired) electrons. The van der Waals surface area contributed by atoms with Crippen molar-refractivity contribution >= 4 is 36.3 Å². The molecule has 16 heavy (non-hydrogen) atoms. The highest BCUT2D eigenvalue weighted by Crippen LogP contribution is 2.43. The normalized spacial score (nSPS) is 18.9. The Morgan fingerprint density at radius 2 is 1.81 bits per heavy atom. The Morgan fingerprint density at radius 3 is 2.31 bits per heavy atom. The average molecular weight is 273 g/mol. The van der Waals surface area contributed by atoms with Crippen LogP contribution in [0.5, 0.6) is 0 Å². The van der Waals surface area contributed by atoms with Crippen LogP contribution in [0.4, 0.5) is 23.0 Å². The van der Waals surface area contributed by atoms with E-state index in [4.69, 9.17) is 11.6 Å². The van der Waals surface area contributed by atoms with Crippen LogP contribution in [0.15, 0.2) is 29.2 Å². The summed E-state index contributed by atoms with van der Waals surface area (Å²) in [7, 11) is -3.99. The quantitative estimate of drug-likeness (QED) is 0.302. The molecule has 1 unspecified atom stereocenters. The number of fused-ring (bicyclic) bond motifs is 1. The second kappa shape index (κ2) is 5.18. The van der Waals surface area contributed by atoms with E-state index in [1.54, 1.807) is 11.8 Å². The zero-order valence-electron chi connectivity index (χ0n) is 9.21. The summed E-state index contributed by atoms with van der Waals surface area (Å²) < 4.78 is 39.0. The highest BCUT2D eigenvalue weighted by molar-refractivity contribution is 8.01. The third kappa shape index (κ3) is 4.13. The summed E-state index contributed by atoms with van der Waals surface area (Å²) >= 11 is 7.71. The zero-order chi connectivity index (χ0) is 12.3. The summed E-state index contributed by atoms with van der Waals surface area (Å²) in [6.07, 6.45) is 0. The fraction of sp³-hybridized carbons (Fsp3) is 0.250. The van der Waals surface area contributed by atoms with E-state index in [0.717, 1.165) is 0 Å². The number of hydrogen-bond donors (Lipinski definition) is 0. The summed E-state index contributed by atoms with van der Waals surface area (Å²) in [5, 5.41) is 0. The van der Waals surface area contributed by atoms with Gasteiger partial charge in [-0.1, -0.05) is 35.5 Å². The van der Waals surface area contributed by atoms with Crippen molar-refractivity contribution in [3.8, 4) is 0 Å². The van der Waals surface area contributed by atoms with E-state index in [-0.39, 0.29) is 6.26 Å². The van der Waals surface area contributed by atoms with E-state index in [1.807, 2.05) is 19.2 Å². The highest BCUT2D eigenvalue weighted by Gasteiger charge is 2.24.